The molecule has 1 saturated heterocycles. The van der Waals surface area contributed by atoms with Gasteiger partial charge in [-0.2, -0.15) is 0 Å². The fraction of sp³-hybridized carbons (Fsp3) is 0.464. The summed E-state index contributed by atoms with van der Waals surface area (Å²) in [6.07, 6.45) is 3.77. The summed E-state index contributed by atoms with van der Waals surface area (Å²) in [5, 5.41) is 11.9. The molecule has 186 valence electrons. The molecule has 2 unspecified atom stereocenters. The second-order valence-corrected chi connectivity index (χ2v) is 9.42. The Kier molecular flexibility index (Phi) is 8.06. The lowest BCUT2D eigenvalue weighted by Crippen LogP contribution is -2.53. The SMILES string of the molecule is CCCC(NC(=O)OCC1c2ccccc2-c2ccccc21)C(=O)N1CCCCC1CCC(=O)O. The second kappa shape index (κ2) is 11.4. The highest BCUT2D eigenvalue weighted by Crippen LogP contribution is 2.44. The zero-order valence-corrected chi connectivity index (χ0v) is 20.2. The van der Waals surface area contributed by atoms with Crippen LogP contribution in [-0.2, 0) is 14.3 Å². The first-order valence-corrected chi connectivity index (χ1v) is 12.6. The number of alkyl carbamates (subject to hydrolysis) is 1. The number of benzene rings is 2. The van der Waals surface area contributed by atoms with Gasteiger partial charge in [0, 0.05) is 24.9 Å². The average Bonchev–Trinajstić information content (AvgIpc) is 3.19. The van der Waals surface area contributed by atoms with Crippen LogP contribution in [0.15, 0.2) is 48.5 Å². The number of nitrogens with one attached hydrogen (secondary N) is 1. The molecule has 1 fully saturated rings. The number of hydrogen-bond acceptors (Lipinski definition) is 4. The Balaban J connectivity index is 1.40. The molecule has 2 aromatic rings. The molecule has 7 nitrogen and oxygen atoms in total. The van der Waals surface area contributed by atoms with Gasteiger partial charge in [-0.3, -0.25) is 9.59 Å². The van der Waals surface area contributed by atoms with Crippen LogP contribution in [0.4, 0.5) is 4.79 Å². The first kappa shape index (κ1) is 24.8. The van der Waals surface area contributed by atoms with Crippen LogP contribution in [0, 0.1) is 0 Å². The number of nitrogens with zero attached hydrogens (tertiary/aromatic N) is 1. The molecule has 35 heavy (non-hydrogen) atoms. The fourth-order valence-electron chi connectivity index (χ4n) is 5.41. The number of carboxylic acids is 1. The predicted molar refractivity (Wildman–Crippen MR) is 133 cm³/mol. The number of amides is 2. The van der Waals surface area contributed by atoms with Crippen LogP contribution in [0.2, 0.25) is 0 Å². The number of carboxylic acid groups (broad SMARTS) is 1. The molecule has 1 heterocycles. The van der Waals surface area contributed by atoms with E-state index in [9.17, 15) is 14.4 Å². The molecule has 1 aliphatic carbocycles. The minimum atomic E-state index is -0.857. The van der Waals surface area contributed by atoms with E-state index in [1.54, 1.807) is 4.90 Å². The number of ether oxygens (including phenoxy) is 1. The molecule has 2 aromatic carbocycles. The number of likely N-dealkylation sites (tertiary alicyclic amines) is 1. The lowest BCUT2D eigenvalue weighted by molar-refractivity contribution is -0.141. The topological polar surface area (TPSA) is 95.9 Å². The van der Waals surface area contributed by atoms with Gasteiger partial charge in [-0.15, -0.1) is 0 Å². The van der Waals surface area contributed by atoms with Crippen LogP contribution >= 0.6 is 0 Å². The highest BCUT2D eigenvalue weighted by atomic mass is 16.5. The molecule has 0 radical (unpaired) electrons. The van der Waals surface area contributed by atoms with Crippen LogP contribution in [0.3, 0.4) is 0 Å². The number of hydrogen-bond donors (Lipinski definition) is 2. The van der Waals surface area contributed by atoms with E-state index < -0.39 is 18.1 Å². The average molecular weight is 479 g/mol. The maximum atomic E-state index is 13.4. The van der Waals surface area contributed by atoms with Gasteiger partial charge in [-0.05, 0) is 54.4 Å². The van der Waals surface area contributed by atoms with E-state index in [1.165, 1.54) is 0 Å². The van der Waals surface area contributed by atoms with Gasteiger partial charge < -0.3 is 20.1 Å². The highest BCUT2D eigenvalue weighted by molar-refractivity contribution is 5.86. The summed E-state index contributed by atoms with van der Waals surface area (Å²) in [5.74, 6) is -1.05. The van der Waals surface area contributed by atoms with Crippen molar-refractivity contribution in [2.24, 2.45) is 0 Å². The quantitative estimate of drug-likeness (QED) is 0.532. The van der Waals surface area contributed by atoms with Crippen molar-refractivity contribution in [1.29, 1.82) is 0 Å². The minimum absolute atomic E-state index is 0.0344. The lowest BCUT2D eigenvalue weighted by atomic mass is 9.96. The number of piperidine rings is 1. The maximum Gasteiger partial charge on any atom is 0.407 e. The summed E-state index contributed by atoms with van der Waals surface area (Å²) >= 11 is 0. The van der Waals surface area contributed by atoms with E-state index in [4.69, 9.17) is 9.84 Å². The van der Waals surface area contributed by atoms with Gasteiger partial charge in [0.25, 0.3) is 0 Å². The molecular formula is C28H34N2O5. The zero-order chi connectivity index (χ0) is 24.8. The van der Waals surface area contributed by atoms with E-state index in [0.717, 1.165) is 47.9 Å². The third-order valence-corrected chi connectivity index (χ3v) is 7.11. The van der Waals surface area contributed by atoms with Gasteiger partial charge in [-0.1, -0.05) is 61.9 Å². The minimum Gasteiger partial charge on any atom is -0.481 e. The van der Waals surface area contributed by atoms with Crippen LogP contribution in [0.25, 0.3) is 11.1 Å². The number of fused-ring (bicyclic) bond motifs is 3. The van der Waals surface area contributed by atoms with E-state index in [2.05, 4.69) is 29.6 Å². The van der Waals surface area contributed by atoms with Crippen molar-refractivity contribution in [2.45, 2.75) is 69.9 Å². The Labute approximate surface area is 206 Å². The first-order chi connectivity index (χ1) is 17.0. The standard InChI is InChI=1S/C28H34N2O5/c1-2-9-25(27(33)30-17-8-7-10-19(30)15-16-26(31)32)29-28(34)35-18-24-22-13-5-3-11-20(22)21-12-4-6-14-23(21)24/h3-6,11-14,19,24-25H,2,7-10,15-18H2,1H3,(H,29,34)(H,31,32). The molecule has 7 heteroatoms. The van der Waals surface area contributed by atoms with Crippen molar-refractivity contribution < 1.29 is 24.2 Å². The van der Waals surface area contributed by atoms with Gasteiger partial charge in [-0.25, -0.2) is 4.79 Å². The summed E-state index contributed by atoms with van der Waals surface area (Å²) in [5.41, 5.74) is 4.59. The molecule has 2 aliphatic rings. The molecule has 1 aliphatic heterocycles. The van der Waals surface area contributed by atoms with E-state index >= 15 is 0 Å². The molecule has 4 rings (SSSR count). The van der Waals surface area contributed by atoms with Crippen molar-refractivity contribution >= 4 is 18.0 Å². The Morgan fingerprint density at radius 3 is 2.34 bits per heavy atom. The van der Waals surface area contributed by atoms with Gasteiger partial charge in [0.2, 0.25) is 5.91 Å². The Bertz CT molecular complexity index is 1020. The third kappa shape index (κ3) is 5.66. The summed E-state index contributed by atoms with van der Waals surface area (Å²) < 4.78 is 5.66. The van der Waals surface area contributed by atoms with Crippen molar-refractivity contribution in [3.05, 3.63) is 59.7 Å². The lowest BCUT2D eigenvalue weighted by Gasteiger charge is -2.38. The van der Waals surface area contributed by atoms with E-state index in [-0.39, 0.29) is 30.9 Å². The van der Waals surface area contributed by atoms with Crippen LogP contribution in [0.5, 0.6) is 0 Å². The fourth-order valence-corrected chi connectivity index (χ4v) is 5.41. The van der Waals surface area contributed by atoms with E-state index in [1.807, 2.05) is 31.2 Å². The van der Waals surface area contributed by atoms with Crippen LogP contribution in [-0.4, -0.2) is 53.2 Å². The molecule has 2 N–H and O–H groups in total. The number of carbonyl (C=O) groups excluding carboxylic acids is 2. The molecule has 0 spiro atoms. The third-order valence-electron chi connectivity index (χ3n) is 7.11. The summed E-state index contributed by atoms with van der Waals surface area (Å²) in [4.78, 5) is 39.0. The molecule has 0 saturated carbocycles. The van der Waals surface area contributed by atoms with E-state index in [0.29, 0.717) is 19.4 Å². The Morgan fingerprint density at radius 2 is 1.71 bits per heavy atom. The number of rotatable bonds is 9. The summed E-state index contributed by atoms with van der Waals surface area (Å²) in [6.45, 7) is 2.76. The Morgan fingerprint density at radius 1 is 1.06 bits per heavy atom. The Hall–Kier alpha value is -3.35. The summed E-state index contributed by atoms with van der Waals surface area (Å²) in [7, 11) is 0. The second-order valence-electron chi connectivity index (χ2n) is 9.42. The summed E-state index contributed by atoms with van der Waals surface area (Å²) in [6, 6.07) is 15.5. The first-order valence-electron chi connectivity index (χ1n) is 12.6. The molecule has 0 bridgehead atoms. The zero-order valence-electron chi connectivity index (χ0n) is 20.2. The van der Waals surface area contributed by atoms with Crippen molar-refractivity contribution in [3.8, 4) is 11.1 Å². The van der Waals surface area contributed by atoms with Crippen molar-refractivity contribution in [1.82, 2.24) is 10.2 Å². The largest absolute Gasteiger partial charge is 0.481 e. The van der Waals surface area contributed by atoms with Crippen LogP contribution in [0.1, 0.15) is 68.9 Å². The smallest absolute Gasteiger partial charge is 0.407 e. The normalized spacial score (nSPS) is 17.9. The predicted octanol–water partition coefficient (Wildman–Crippen LogP) is 4.94. The van der Waals surface area contributed by atoms with Gasteiger partial charge in [0.1, 0.15) is 12.6 Å². The van der Waals surface area contributed by atoms with Crippen LogP contribution < -0.4 is 5.32 Å². The number of aliphatic carboxylic acids is 1. The molecule has 0 aromatic heterocycles. The monoisotopic (exact) mass is 478 g/mol. The molecule has 2 amide bonds. The maximum absolute atomic E-state index is 13.4. The van der Waals surface area contributed by atoms with Gasteiger partial charge >= 0.3 is 12.1 Å². The van der Waals surface area contributed by atoms with Crippen molar-refractivity contribution in [2.75, 3.05) is 13.2 Å². The number of carbonyl (C=O) groups is 3. The highest BCUT2D eigenvalue weighted by Gasteiger charge is 2.33. The molecular weight excluding hydrogens is 444 g/mol. The van der Waals surface area contributed by atoms with Gasteiger partial charge in [0.15, 0.2) is 0 Å². The van der Waals surface area contributed by atoms with Crippen molar-refractivity contribution in [3.63, 3.8) is 0 Å². The van der Waals surface area contributed by atoms with Gasteiger partial charge in [0.05, 0.1) is 0 Å². The molecule has 2 atom stereocenters.